The van der Waals surface area contributed by atoms with Crippen LogP contribution < -0.4 is 0 Å². The molecule has 1 aliphatic heterocycles. The fourth-order valence-electron chi connectivity index (χ4n) is 2.58. The fourth-order valence-corrected chi connectivity index (χ4v) is 2.58. The molecule has 0 aromatic heterocycles. The van der Waals surface area contributed by atoms with E-state index in [1.54, 1.807) is 0 Å². The molecule has 1 heterocycles. The number of carbonyl (C=O) groups excluding carboxylic acids is 1. The molecule has 0 aromatic rings. The SMILES string of the molecule is CC(C)(C)C1CCCN(C(=O)CCC(=O)O)CC1. The maximum atomic E-state index is 11.9. The molecule has 1 aliphatic rings. The van der Waals surface area contributed by atoms with Crippen LogP contribution in [0, 0.1) is 11.3 Å². The smallest absolute Gasteiger partial charge is 0.303 e. The second-order valence-electron chi connectivity index (χ2n) is 6.27. The average Bonchev–Trinajstić information content (AvgIpc) is 2.50. The van der Waals surface area contributed by atoms with Gasteiger partial charge in [0.05, 0.1) is 6.42 Å². The lowest BCUT2D eigenvalue weighted by Gasteiger charge is -2.29. The zero-order valence-corrected chi connectivity index (χ0v) is 11.7. The molecule has 1 fully saturated rings. The molecule has 1 unspecified atom stereocenters. The summed E-state index contributed by atoms with van der Waals surface area (Å²) >= 11 is 0. The predicted octanol–water partition coefficient (Wildman–Crippen LogP) is 2.53. The summed E-state index contributed by atoms with van der Waals surface area (Å²) in [6.07, 6.45) is 3.29. The van der Waals surface area contributed by atoms with E-state index in [4.69, 9.17) is 5.11 Å². The van der Waals surface area contributed by atoms with Crippen LogP contribution in [0.4, 0.5) is 0 Å². The molecule has 1 saturated heterocycles. The number of likely N-dealkylation sites (tertiary alicyclic amines) is 1. The highest BCUT2D eigenvalue weighted by atomic mass is 16.4. The van der Waals surface area contributed by atoms with Crippen LogP contribution in [-0.2, 0) is 9.59 Å². The first-order valence-corrected chi connectivity index (χ1v) is 6.80. The highest BCUT2D eigenvalue weighted by Crippen LogP contribution is 2.34. The summed E-state index contributed by atoms with van der Waals surface area (Å²) in [5.74, 6) is -0.257. The van der Waals surface area contributed by atoms with Crippen LogP contribution in [-0.4, -0.2) is 35.0 Å². The third-order valence-electron chi connectivity index (χ3n) is 3.86. The molecule has 4 nitrogen and oxygen atoms in total. The normalized spacial score (nSPS) is 21.5. The summed E-state index contributed by atoms with van der Waals surface area (Å²) in [5, 5.41) is 8.59. The number of aliphatic carboxylic acids is 1. The van der Waals surface area contributed by atoms with E-state index < -0.39 is 5.97 Å². The largest absolute Gasteiger partial charge is 0.481 e. The molecule has 0 aliphatic carbocycles. The van der Waals surface area contributed by atoms with E-state index in [1.807, 2.05) is 4.90 Å². The lowest BCUT2D eigenvalue weighted by molar-refractivity contribution is -0.140. The van der Waals surface area contributed by atoms with Crippen LogP contribution in [0.1, 0.15) is 52.9 Å². The van der Waals surface area contributed by atoms with Gasteiger partial charge in [-0.3, -0.25) is 9.59 Å². The summed E-state index contributed by atoms with van der Waals surface area (Å²) in [4.78, 5) is 24.2. The molecule has 0 spiro atoms. The zero-order valence-electron chi connectivity index (χ0n) is 11.7. The number of nitrogens with zero attached hydrogens (tertiary/aromatic N) is 1. The maximum Gasteiger partial charge on any atom is 0.303 e. The highest BCUT2D eigenvalue weighted by molar-refractivity contribution is 5.80. The monoisotopic (exact) mass is 255 g/mol. The van der Waals surface area contributed by atoms with Crippen molar-refractivity contribution in [2.75, 3.05) is 13.1 Å². The third-order valence-corrected chi connectivity index (χ3v) is 3.86. The lowest BCUT2D eigenvalue weighted by Crippen LogP contribution is -2.32. The standard InChI is InChI=1S/C14H25NO3/c1-14(2,3)11-5-4-9-15(10-8-11)12(16)6-7-13(17)18/h11H,4-10H2,1-3H3,(H,17,18). The molecular weight excluding hydrogens is 230 g/mol. The Morgan fingerprint density at radius 2 is 1.83 bits per heavy atom. The fraction of sp³-hybridized carbons (Fsp3) is 0.857. The minimum Gasteiger partial charge on any atom is -0.481 e. The summed E-state index contributed by atoms with van der Waals surface area (Å²) in [5.41, 5.74) is 0.292. The molecule has 1 rings (SSSR count). The van der Waals surface area contributed by atoms with E-state index in [-0.39, 0.29) is 18.7 Å². The van der Waals surface area contributed by atoms with E-state index in [9.17, 15) is 9.59 Å². The zero-order chi connectivity index (χ0) is 13.8. The molecule has 1 amide bonds. The van der Waals surface area contributed by atoms with Crippen molar-refractivity contribution >= 4 is 11.9 Å². The van der Waals surface area contributed by atoms with E-state index in [1.165, 1.54) is 0 Å². The molecule has 18 heavy (non-hydrogen) atoms. The Kier molecular flexibility index (Phi) is 5.17. The van der Waals surface area contributed by atoms with E-state index in [2.05, 4.69) is 20.8 Å². The summed E-state index contributed by atoms with van der Waals surface area (Å²) in [6.45, 7) is 8.31. The van der Waals surface area contributed by atoms with Gasteiger partial charge in [-0.25, -0.2) is 0 Å². The number of hydrogen-bond acceptors (Lipinski definition) is 2. The minimum absolute atomic E-state index is 0.00745. The number of amides is 1. The van der Waals surface area contributed by atoms with Gasteiger partial charge in [-0.05, 0) is 30.6 Å². The minimum atomic E-state index is -0.897. The van der Waals surface area contributed by atoms with E-state index >= 15 is 0 Å². The first-order chi connectivity index (χ1) is 8.30. The van der Waals surface area contributed by atoms with E-state index in [0.717, 1.165) is 32.4 Å². The van der Waals surface area contributed by atoms with Crippen LogP contribution in [0.15, 0.2) is 0 Å². The molecule has 1 N–H and O–H groups in total. The summed E-state index contributed by atoms with van der Waals surface area (Å²) in [7, 11) is 0. The maximum absolute atomic E-state index is 11.9. The first-order valence-electron chi connectivity index (χ1n) is 6.80. The predicted molar refractivity (Wildman–Crippen MR) is 70.2 cm³/mol. The quantitative estimate of drug-likeness (QED) is 0.843. The Morgan fingerprint density at radius 3 is 2.39 bits per heavy atom. The van der Waals surface area contributed by atoms with Crippen molar-refractivity contribution in [1.82, 2.24) is 4.90 Å². The van der Waals surface area contributed by atoms with Crippen LogP contribution in [0.5, 0.6) is 0 Å². The molecule has 0 bridgehead atoms. The molecular formula is C14H25NO3. The third kappa shape index (κ3) is 4.67. The molecule has 1 atom stereocenters. The van der Waals surface area contributed by atoms with Gasteiger partial charge in [0.25, 0.3) is 0 Å². The number of carboxylic acid groups (broad SMARTS) is 1. The van der Waals surface area contributed by atoms with Crippen LogP contribution in [0.3, 0.4) is 0 Å². The molecule has 4 heteroatoms. The van der Waals surface area contributed by atoms with Crippen molar-refractivity contribution in [2.45, 2.75) is 52.9 Å². The molecule has 0 radical (unpaired) electrons. The number of rotatable bonds is 3. The van der Waals surface area contributed by atoms with Crippen molar-refractivity contribution in [1.29, 1.82) is 0 Å². The summed E-state index contributed by atoms with van der Waals surface area (Å²) < 4.78 is 0. The summed E-state index contributed by atoms with van der Waals surface area (Å²) in [6, 6.07) is 0. The Bertz CT molecular complexity index is 307. The Morgan fingerprint density at radius 1 is 1.17 bits per heavy atom. The van der Waals surface area contributed by atoms with Gasteiger partial charge in [0, 0.05) is 19.5 Å². The van der Waals surface area contributed by atoms with Crippen LogP contribution in [0.2, 0.25) is 0 Å². The van der Waals surface area contributed by atoms with Crippen LogP contribution >= 0.6 is 0 Å². The van der Waals surface area contributed by atoms with Crippen LogP contribution in [0.25, 0.3) is 0 Å². The second-order valence-corrected chi connectivity index (χ2v) is 6.27. The number of carboxylic acids is 1. The van der Waals surface area contributed by atoms with Crippen molar-refractivity contribution < 1.29 is 14.7 Å². The van der Waals surface area contributed by atoms with Gasteiger partial charge in [-0.15, -0.1) is 0 Å². The van der Waals surface area contributed by atoms with Gasteiger partial charge < -0.3 is 10.0 Å². The van der Waals surface area contributed by atoms with E-state index in [0.29, 0.717) is 11.3 Å². The first kappa shape index (κ1) is 15.0. The number of hydrogen-bond donors (Lipinski definition) is 1. The second kappa shape index (κ2) is 6.21. The Labute approximate surface area is 109 Å². The van der Waals surface area contributed by atoms with Crippen molar-refractivity contribution in [3.05, 3.63) is 0 Å². The number of carbonyl (C=O) groups is 2. The Balaban J connectivity index is 2.46. The molecule has 0 saturated carbocycles. The van der Waals surface area contributed by atoms with Gasteiger partial charge in [0.2, 0.25) is 5.91 Å². The van der Waals surface area contributed by atoms with Crippen molar-refractivity contribution in [2.24, 2.45) is 11.3 Å². The molecule has 104 valence electrons. The van der Waals surface area contributed by atoms with Gasteiger partial charge in [-0.1, -0.05) is 20.8 Å². The highest BCUT2D eigenvalue weighted by Gasteiger charge is 2.28. The Hall–Kier alpha value is -1.06. The van der Waals surface area contributed by atoms with Crippen molar-refractivity contribution in [3.8, 4) is 0 Å². The lowest BCUT2D eigenvalue weighted by atomic mass is 9.77. The van der Waals surface area contributed by atoms with Gasteiger partial charge in [-0.2, -0.15) is 0 Å². The van der Waals surface area contributed by atoms with Gasteiger partial charge in [0.1, 0.15) is 0 Å². The molecule has 0 aromatic carbocycles. The topological polar surface area (TPSA) is 57.6 Å². The van der Waals surface area contributed by atoms with Crippen molar-refractivity contribution in [3.63, 3.8) is 0 Å². The van der Waals surface area contributed by atoms with Gasteiger partial charge >= 0.3 is 5.97 Å². The van der Waals surface area contributed by atoms with Gasteiger partial charge in [0.15, 0.2) is 0 Å². The average molecular weight is 255 g/mol.